The third-order valence-electron chi connectivity index (χ3n) is 4.09. The fourth-order valence-electron chi connectivity index (χ4n) is 2.56. The number of benzene rings is 2. The summed E-state index contributed by atoms with van der Waals surface area (Å²) in [5.41, 5.74) is 2.18. The zero-order valence-corrected chi connectivity index (χ0v) is 16.8. The lowest BCUT2D eigenvalue weighted by Crippen LogP contribution is -2.25. The molecule has 2 rings (SSSR count). The first-order valence-electron chi connectivity index (χ1n) is 9.30. The van der Waals surface area contributed by atoms with Gasteiger partial charge in [-0.2, -0.15) is 0 Å². The molecule has 0 aliphatic rings. The van der Waals surface area contributed by atoms with Crippen LogP contribution >= 0.6 is 11.8 Å². The van der Waals surface area contributed by atoms with Crippen molar-refractivity contribution in [3.05, 3.63) is 65.7 Å². The van der Waals surface area contributed by atoms with Crippen molar-refractivity contribution in [3.8, 4) is 0 Å². The van der Waals surface area contributed by atoms with E-state index in [2.05, 4.69) is 19.1 Å². The lowest BCUT2D eigenvalue weighted by atomic mass is 10.1. The molecule has 0 saturated heterocycles. The van der Waals surface area contributed by atoms with E-state index in [1.54, 1.807) is 11.8 Å². The molecule has 27 heavy (non-hydrogen) atoms. The third kappa shape index (κ3) is 7.37. The van der Waals surface area contributed by atoms with Gasteiger partial charge in [0.25, 0.3) is 0 Å². The van der Waals surface area contributed by atoms with E-state index in [0.717, 1.165) is 28.9 Å². The lowest BCUT2D eigenvalue weighted by Gasteiger charge is -2.23. The van der Waals surface area contributed by atoms with Gasteiger partial charge in [0.05, 0.1) is 24.6 Å². The zero-order chi connectivity index (χ0) is 19.5. The summed E-state index contributed by atoms with van der Waals surface area (Å²) in [5.74, 6) is -0.390. The number of aliphatic hydroxyl groups is 1. The Balaban J connectivity index is 1.97. The summed E-state index contributed by atoms with van der Waals surface area (Å²) in [6, 6.07) is 18.0. The van der Waals surface area contributed by atoms with Crippen molar-refractivity contribution in [2.45, 2.75) is 42.9 Å². The summed E-state index contributed by atoms with van der Waals surface area (Å²) in [5, 5.41) is 10.6. The van der Waals surface area contributed by atoms with Crippen LogP contribution in [-0.4, -0.2) is 37.0 Å². The van der Waals surface area contributed by atoms with Crippen molar-refractivity contribution in [2.24, 2.45) is 0 Å². The minimum atomic E-state index is -0.750. The van der Waals surface area contributed by atoms with Crippen LogP contribution < -0.4 is 0 Å². The highest BCUT2D eigenvalue weighted by Gasteiger charge is 2.23. The number of thioether (sulfide) groups is 1. The van der Waals surface area contributed by atoms with Crippen molar-refractivity contribution in [3.63, 3.8) is 0 Å². The number of aryl methyl sites for hydroxylation is 1. The number of esters is 1. The number of carbonyl (C=O) groups is 1. The molecule has 0 radical (unpaired) electrons. The number of rotatable bonds is 11. The minimum Gasteiger partial charge on any atom is -0.464 e. The molecule has 2 unspecified atom stereocenters. The highest BCUT2D eigenvalue weighted by Crippen LogP contribution is 2.39. The summed E-state index contributed by atoms with van der Waals surface area (Å²) in [4.78, 5) is 12.8. The third-order valence-corrected chi connectivity index (χ3v) is 5.65. The average molecular weight is 389 g/mol. The van der Waals surface area contributed by atoms with Crippen LogP contribution in [0.15, 0.2) is 59.5 Å². The van der Waals surface area contributed by atoms with Crippen LogP contribution in [-0.2, 0) is 14.3 Å². The van der Waals surface area contributed by atoms with E-state index in [1.807, 2.05) is 49.4 Å². The molecule has 2 atom stereocenters. The summed E-state index contributed by atoms with van der Waals surface area (Å²) in [6.45, 7) is 4.44. The summed E-state index contributed by atoms with van der Waals surface area (Å²) in [7, 11) is 0. The van der Waals surface area contributed by atoms with Gasteiger partial charge in [0, 0.05) is 4.90 Å². The molecule has 0 amide bonds. The lowest BCUT2D eigenvalue weighted by molar-refractivity contribution is -0.150. The molecule has 0 aromatic heterocycles. The van der Waals surface area contributed by atoms with Gasteiger partial charge < -0.3 is 14.6 Å². The molecule has 0 saturated carbocycles. The van der Waals surface area contributed by atoms with Crippen molar-refractivity contribution in [1.82, 2.24) is 0 Å². The van der Waals surface area contributed by atoms with Gasteiger partial charge >= 0.3 is 5.97 Å². The van der Waals surface area contributed by atoms with E-state index in [9.17, 15) is 9.90 Å². The number of aliphatic hydroxyl groups excluding tert-OH is 1. The Morgan fingerprint density at radius 3 is 2.52 bits per heavy atom. The highest BCUT2D eigenvalue weighted by molar-refractivity contribution is 7.99. The number of ether oxygens (including phenoxy) is 2. The second kappa shape index (κ2) is 11.8. The Morgan fingerprint density at radius 2 is 1.81 bits per heavy atom. The van der Waals surface area contributed by atoms with E-state index in [-0.39, 0.29) is 18.5 Å². The van der Waals surface area contributed by atoms with E-state index >= 15 is 0 Å². The first kappa shape index (κ1) is 21.5. The van der Waals surface area contributed by atoms with Gasteiger partial charge in [-0.15, -0.1) is 11.8 Å². The van der Waals surface area contributed by atoms with Crippen molar-refractivity contribution >= 4 is 17.7 Å². The zero-order valence-electron chi connectivity index (χ0n) is 16.0. The number of hydrogen-bond acceptors (Lipinski definition) is 5. The van der Waals surface area contributed by atoms with Crippen LogP contribution in [0.3, 0.4) is 0 Å². The van der Waals surface area contributed by atoms with Crippen LogP contribution in [0.25, 0.3) is 0 Å². The Bertz CT molecular complexity index is 690. The predicted octanol–water partition coefficient (Wildman–Crippen LogP) is 4.55. The molecule has 4 nitrogen and oxygen atoms in total. The molecule has 0 spiro atoms. The SMILES string of the molecule is CCCCOC(=O)COCC(O)C(Sc1ccccc1C)c1ccccc1. The number of carbonyl (C=O) groups excluding carboxylic acids is 1. The van der Waals surface area contributed by atoms with Crippen LogP contribution in [0.2, 0.25) is 0 Å². The Labute approximate surface area is 165 Å². The molecular weight excluding hydrogens is 360 g/mol. The van der Waals surface area contributed by atoms with Gasteiger partial charge in [-0.25, -0.2) is 4.79 Å². The Morgan fingerprint density at radius 1 is 1.11 bits per heavy atom. The van der Waals surface area contributed by atoms with Crippen molar-refractivity contribution in [2.75, 3.05) is 19.8 Å². The van der Waals surface area contributed by atoms with E-state index < -0.39 is 12.1 Å². The second-order valence-corrected chi connectivity index (χ2v) is 7.55. The summed E-state index contributed by atoms with van der Waals surface area (Å²) in [6.07, 6.45) is 1.07. The van der Waals surface area contributed by atoms with Gasteiger partial charge in [-0.1, -0.05) is 61.9 Å². The molecule has 0 fully saturated rings. The standard InChI is InChI=1S/C22H28O4S/c1-3-4-14-26-21(24)16-25-15-19(23)22(18-11-6-5-7-12-18)27-20-13-9-8-10-17(20)2/h5-13,19,22-23H,3-4,14-16H2,1-2H3. The molecular formula is C22H28O4S. The van der Waals surface area contributed by atoms with Gasteiger partial charge in [0.15, 0.2) is 0 Å². The van der Waals surface area contributed by atoms with Crippen molar-refractivity contribution in [1.29, 1.82) is 0 Å². The fraction of sp³-hybridized carbons (Fsp3) is 0.409. The molecule has 0 heterocycles. The van der Waals surface area contributed by atoms with Gasteiger partial charge in [-0.3, -0.25) is 0 Å². The largest absolute Gasteiger partial charge is 0.464 e. The van der Waals surface area contributed by atoms with E-state index in [0.29, 0.717) is 6.61 Å². The van der Waals surface area contributed by atoms with E-state index in [1.165, 1.54) is 0 Å². The number of unbranched alkanes of at least 4 members (excludes halogenated alkanes) is 1. The fourth-order valence-corrected chi connectivity index (χ4v) is 3.77. The summed E-state index contributed by atoms with van der Waals surface area (Å²) < 4.78 is 10.5. The Hall–Kier alpha value is -1.82. The molecule has 2 aromatic rings. The van der Waals surface area contributed by atoms with E-state index in [4.69, 9.17) is 9.47 Å². The van der Waals surface area contributed by atoms with Crippen LogP contribution in [0.5, 0.6) is 0 Å². The molecule has 5 heteroatoms. The second-order valence-electron chi connectivity index (χ2n) is 6.37. The maximum Gasteiger partial charge on any atom is 0.332 e. The first-order chi connectivity index (χ1) is 13.1. The Kier molecular flexibility index (Phi) is 9.39. The quantitative estimate of drug-likeness (QED) is 0.348. The highest BCUT2D eigenvalue weighted by atomic mass is 32.2. The maximum absolute atomic E-state index is 11.6. The monoisotopic (exact) mass is 388 g/mol. The average Bonchev–Trinajstić information content (AvgIpc) is 2.68. The molecule has 2 aromatic carbocycles. The topological polar surface area (TPSA) is 55.8 Å². The molecule has 0 aliphatic carbocycles. The smallest absolute Gasteiger partial charge is 0.332 e. The minimum absolute atomic E-state index is 0.0708. The van der Waals surface area contributed by atoms with Crippen molar-refractivity contribution < 1.29 is 19.4 Å². The summed E-state index contributed by atoms with van der Waals surface area (Å²) >= 11 is 1.61. The molecule has 146 valence electrons. The van der Waals surface area contributed by atoms with Gasteiger partial charge in [-0.05, 0) is 30.5 Å². The van der Waals surface area contributed by atoms with Crippen LogP contribution in [0.4, 0.5) is 0 Å². The normalized spacial score (nSPS) is 13.1. The maximum atomic E-state index is 11.6. The predicted molar refractivity (Wildman–Crippen MR) is 109 cm³/mol. The molecule has 1 N–H and O–H groups in total. The van der Waals surface area contributed by atoms with Crippen LogP contribution in [0, 0.1) is 6.92 Å². The van der Waals surface area contributed by atoms with Gasteiger partial charge in [0.1, 0.15) is 6.61 Å². The number of hydrogen-bond donors (Lipinski definition) is 1. The van der Waals surface area contributed by atoms with Crippen LogP contribution in [0.1, 0.15) is 36.1 Å². The molecule has 0 bridgehead atoms. The molecule has 0 aliphatic heterocycles. The van der Waals surface area contributed by atoms with Gasteiger partial charge in [0.2, 0.25) is 0 Å². The first-order valence-corrected chi connectivity index (χ1v) is 10.2.